The van der Waals surface area contributed by atoms with Gasteiger partial charge < -0.3 is 11.1 Å². The second-order valence-electron chi connectivity index (χ2n) is 4.84. The standard InChI is InChI=1S/C14H21FN2/c15-12-6-4-5-11(9-12)14(10-16)17-13-7-2-1-3-8-13/h4-6,9,13-14,17H,1-3,7-8,10,16H2. The van der Waals surface area contributed by atoms with E-state index in [0.29, 0.717) is 12.6 Å². The largest absolute Gasteiger partial charge is 0.329 e. The summed E-state index contributed by atoms with van der Waals surface area (Å²) in [6.07, 6.45) is 6.35. The second kappa shape index (κ2) is 6.12. The number of hydrogen-bond donors (Lipinski definition) is 2. The summed E-state index contributed by atoms with van der Waals surface area (Å²) >= 11 is 0. The SMILES string of the molecule is NCC(NC1CCCCC1)c1cccc(F)c1. The van der Waals surface area contributed by atoms with Crippen LogP contribution in [0, 0.1) is 5.82 Å². The Kier molecular flexibility index (Phi) is 4.51. The molecule has 1 aromatic rings. The van der Waals surface area contributed by atoms with Crippen molar-refractivity contribution in [3.8, 4) is 0 Å². The molecular formula is C14H21FN2. The summed E-state index contributed by atoms with van der Waals surface area (Å²) in [5.74, 6) is -0.189. The molecule has 0 heterocycles. The summed E-state index contributed by atoms with van der Waals surface area (Å²) in [5, 5.41) is 3.56. The molecule has 0 bridgehead atoms. The summed E-state index contributed by atoms with van der Waals surface area (Å²) in [5.41, 5.74) is 6.74. The molecule has 0 radical (unpaired) electrons. The second-order valence-corrected chi connectivity index (χ2v) is 4.84. The van der Waals surface area contributed by atoms with Crippen molar-refractivity contribution >= 4 is 0 Å². The average molecular weight is 236 g/mol. The summed E-state index contributed by atoms with van der Waals surface area (Å²) in [6, 6.07) is 7.35. The van der Waals surface area contributed by atoms with Gasteiger partial charge in [-0.25, -0.2) is 4.39 Å². The molecule has 3 N–H and O–H groups in total. The molecule has 2 rings (SSSR count). The monoisotopic (exact) mass is 236 g/mol. The zero-order chi connectivity index (χ0) is 12.1. The predicted molar refractivity (Wildman–Crippen MR) is 68.2 cm³/mol. The highest BCUT2D eigenvalue weighted by Crippen LogP contribution is 2.21. The van der Waals surface area contributed by atoms with Crippen LogP contribution in [0.5, 0.6) is 0 Å². The summed E-state index contributed by atoms with van der Waals surface area (Å²) in [6.45, 7) is 0.514. The zero-order valence-electron chi connectivity index (χ0n) is 10.2. The van der Waals surface area contributed by atoms with Gasteiger partial charge in [-0.3, -0.25) is 0 Å². The van der Waals surface area contributed by atoms with Gasteiger partial charge in [0.05, 0.1) is 0 Å². The number of halogens is 1. The molecule has 0 spiro atoms. The predicted octanol–water partition coefficient (Wildman–Crippen LogP) is 2.75. The Morgan fingerprint density at radius 2 is 2.06 bits per heavy atom. The normalized spacial score (nSPS) is 19.2. The third kappa shape index (κ3) is 3.51. The van der Waals surface area contributed by atoms with Gasteiger partial charge in [-0.2, -0.15) is 0 Å². The summed E-state index contributed by atoms with van der Waals surface area (Å²) in [7, 11) is 0. The van der Waals surface area contributed by atoms with Crippen LogP contribution < -0.4 is 11.1 Å². The molecule has 0 aromatic heterocycles. The van der Waals surface area contributed by atoms with Gasteiger partial charge >= 0.3 is 0 Å². The smallest absolute Gasteiger partial charge is 0.123 e. The van der Waals surface area contributed by atoms with Crippen LogP contribution in [0.2, 0.25) is 0 Å². The molecular weight excluding hydrogens is 215 g/mol. The third-order valence-corrected chi connectivity index (χ3v) is 3.53. The molecule has 0 saturated heterocycles. The van der Waals surface area contributed by atoms with Gasteiger partial charge in [0.25, 0.3) is 0 Å². The molecule has 1 aliphatic carbocycles. The minimum absolute atomic E-state index is 0.0776. The first kappa shape index (κ1) is 12.5. The van der Waals surface area contributed by atoms with Crippen molar-refractivity contribution in [2.45, 2.75) is 44.2 Å². The lowest BCUT2D eigenvalue weighted by Crippen LogP contribution is -2.37. The van der Waals surface area contributed by atoms with Crippen LogP contribution in [0.15, 0.2) is 24.3 Å². The van der Waals surface area contributed by atoms with Crippen LogP contribution in [0.4, 0.5) is 4.39 Å². The highest BCUT2D eigenvalue weighted by molar-refractivity contribution is 5.20. The molecule has 1 aliphatic rings. The number of nitrogens with two attached hydrogens (primary N) is 1. The van der Waals surface area contributed by atoms with Gasteiger partial charge in [0.2, 0.25) is 0 Å². The molecule has 1 saturated carbocycles. The first-order valence-corrected chi connectivity index (χ1v) is 6.51. The molecule has 2 nitrogen and oxygen atoms in total. The van der Waals surface area contributed by atoms with Crippen LogP contribution in [-0.2, 0) is 0 Å². The zero-order valence-corrected chi connectivity index (χ0v) is 10.2. The van der Waals surface area contributed by atoms with Gasteiger partial charge in [0.15, 0.2) is 0 Å². The molecule has 0 amide bonds. The van der Waals surface area contributed by atoms with Crippen LogP contribution in [0.25, 0.3) is 0 Å². The summed E-state index contributed by atoms with van der Waals surface area (Å²) in [4.78, 5) is 0. The topological polar surface area (TPSA) is 38.0 Å². The Morgan fingerprint density at radius 1 is 1.29 bits per heavy atom. The average Bonchev–Trinajstić information content (AvgIpc) is 2.37. The quantitative estimate of drug-likeness (QED) is 0.843. The van der Waals surface area contributed by atoms with Gasteiger partial charge in [0, 0.05) is 18.6 Å². The molecule has 1 aromatic carbocycles. The molecule has 94 valence electrons. The molecule has 1 atom stereocenters. The molecule has 1 unspecified atom stereocenters. The molecule has 17 heavy (non-hydrogen) atoms. The van der Waals surface area contributed by atoms with E-state index in [2.05, 4.69) is 5.32 Å². The highest BCUT2D eigenvalue weighted by atomic mass is 19.1. The fraction of sp³-hybridized carbons (Fsp3) is 0.571. The Bertz CT molecular complexity index is 348. The maximum atomic E-state index is 13.2. The van der Waals surface area contributed by atoms with E-state index in [0.717, 1.165) is 5.56 Å². The van der Waals surface area contributed by atoms with Crippen molar-refractivity contribution in [2.24, 2.45) is 5.73 Å². The van der Waals surface area contributed by atoms with E-state index in [-0.39, 0.29) is 11.9 Å². The highest BCUT2D eigenvalue weighted by Gasteiger charge is 2.18. The van der Waals surface area contributed by atoms with E-state index >= 15 is 0 Å². The number of nitrogens with one attached hydrogen (secondary N) is 1. The van der Waals surface area contributed by atoms with Gasteiger partial charge in [-0.15, -0.1) is 0 Å². The number of hydrogen-bond acceptors (Lipinski definition) is 2. The van der Waals surface area contributed by atoms with Crippen molar-refractivity contribution in [1.29, 1.82) is 0 Å². The van der Waals surface area contributed by atoms with E-state index in [9.17, 15) is 4.39 Å². The van der Waals surface area contributed by atoms with Gasteiger partial charge in [0.1, 0.15) is 5.82 Å². The Morgan fingerprint density at radius 3 is 2.71 bits per heavy atom. The molecule has 3 heteroatoms. The van der Waals surface area contributed by atoms with Crippen molar-refractivity contribution in [2.75, 3.05) is 6.54 Å². The fourth-order valence-corrected chi connectivity index (χ4v) is 2.58. The lowest BCUT2D eigenvalue weighted by molar-refractivity contribution is 0.340. The van der Waals surface area contributed by atoms with E-state index in [1.165, 1.54) is 38.2 Å². The van der Waals surface area contributed by atoms with Crippen molar-refractivity contribution in [3.63, 3.8) is 0 Å². The first-order valence-electron chi connectivity index (χ1n) is 6.51. The van der Waals surface area contributed by atoms with E-state index in [4.69, 9.17) is 5.73 Å². The van der Waals surface area contributed by atoms with Crippen LogP contribution in [-0.4, -0.2) is 12.6 Å². The minimum atomic E-state index is -0.189. The van der Waals surface area contributed by atoms with Crippen molar-refractivity contribution in [1.82, 2.24) is 5.32 Å². The Labute approximate surface area is 102 Å². The van der Waals surface area contributed by atoms with Gasteiger partial charge in [-0.1, -0.05) is 31.4 Å². The van der Waals surface area contributed by atoms with Crippen molar-refractivity contribution in [3.05, 3.63) is 35.6 Å². The van der Waals surface area contributed by atoms with Crippen LogP contribution in [0.3, 0.4) is 0 Å². The first-order chi connectivity index (χ1) is 8.29. The fourth-order valence-electron chi connectivity index (χ4n) is 2.58. The lowest BCUT2D eigenvalue weighted by atomic mass is 9.94. The third-order valence-electron chi connectivity index (χ3n) is 3.53. The van der Waals surface area contributed by atoms with Crippen LogP contribution in [0.1, 0.15) is 43.7 Å². The summed E-state index contributed by atoms with van der Waals surface area (Å²) < 4.78 is 13.2. The van der Waals surface area contributed by atoms with Crippen molar-refractivity contribution < 1.29 is 4.39 Å². The van der Waals surface area contributed by atoms with E-state index < -0.39 is 0 Å². The lowest BCUT2D eigenvalue weighted by Gasteiger charge is -2.28. The van der Waals surface area contributed by atoms with E-state index in [1.54, 1.807) is 12.1 Å². The van der Waals surface area contributed by atoms with E-state index in [1.807, 2.05) is 6.07 Å². The maximum Gasteiger partial charge on any atom is 0.123 e. The maximum absolute atomic E-state index is 13.2. The minimum Gasteiger partial charge on any atom is -0.329 e. The molecule has 1 fully saturated rings. The number of rotatable bonds is 4. The Balaban J connectivity index is 2.00. The molecule has 0 aliphatic heterocycles. The van der Waals surface area contributed by atoms with Gasteiger partial charge in [-0.05, 0) is 30.5 Å². The van der Waals surface area contributed by atoms with Crippen LogP contribution >= 0.6 is 0 Å². The number of benzene rings is 1. The Hall–Kier alpha value is -0.930.